The van der Waals surface area contributed by atoms with Gasteiger partial charge in [-0.25, -0.2) is 0 Å². The molecular formula is C19H20N+. The lowest BCUT2D eigenvalue weighted by Crippen LogP contribution is -2.35. The number of nitrogens with zero attached hydrogens (tertiary/aromatic N) is 1. The quantitative estimate of drug-likeness (QED) is 0.578. The standard InChI is InChI=1S/C19H20N/c1-13-8-7-11-17(15(13)3)19-18-10-6-5-9-16(18)12-14(2)20(19)4/h5-12H,1-4H3/q+1/i7D. The van der Waals surface area contributed by atoms with Crippen molar-refractivity contribution in [3.05, 3.63) is 65.3 Å². The third-order valence-corrected chi connectivity index (χ3v) is 4.22. The van der Waals surface area contributed by atoms with Crippen LogP contribution >= 0.6 is 0 Å². The number of fused-ring (bicyclic) bond motifs is 1. The van der Waals surface area contributed by atoms with Crippen LogP contribution in [-0.4, -0.2) is 0 Å². The lowest BCUT2D eigenvalue weighted by Gasteiger charge is -2.11. The van der Waals surface area contributed by atoms with Gasteiger partial charge in [-0.2, -0.15) is 4.57 Å². The molecule has 0 N–H and O–H groups in total. The summed E-state index contributed by atoms with van der Waals surface area (Å²) >= 11 is 0. The van der Waals surface area contributed by atoms with Gasteiger partial charge in [-0.15, -0.1) is 0 Å². The number of aromatic nitrogens is 1. The van der Waals surface area contributed by atoms with E-state index in [1.807, 2.05) is 12.1 Å². The van der Waals surface area contributed by atoms with Crippen molar-refractivity contribution in [1.82, 2.24) is 0 Å². The minimum atomic E-state index is 0.568. The van der Waals surface area contributed by atoms with Gasteiger partial charge in [-0.05, 0) is 42.5 Å². The summed E-state index contributed by atoms with van der Waals surface area (Å²) in [6.45, 7) is 6.35. The second-order valence-corrected chi connectivity index (χ2v) is 5.46. The normalized spacial score (nSPS) is 11.7. The highest BCUT2D eigenvalue weighted by atomic mass is 14.9. The zero-order valence-corrected chi connectivity index (χ0v) is 12.5. The molecule has 0 amide bonds. The molecule has 0 aliphatic rings. The molecule has 20 heavy (non-hydrogen) atoms. The minimum Gasteiger partial charge on any atom is -0.198 e. The van der Waals surface area contributed by atoms with Crippen molar-refractivity contribution in [3.63, 3.8) is 0 Å². The first-order chi connectivity index (χ1) is 9.99. The minimum absolute atomic E-state index is 0.568. The second kappa shape index (κ2) is 4.75. The van der Waals surface area contributed by atoms with E-state index >= 15 is 0 Å². The molecule has 0 radical (unpaired) electrons. The third-order valence-electron chi connectivity index (χ3n) is 4.22. The van der Waals surface area contributed by atoms with Crippen molar-refractivity contribution >= 4 is 10.8 Å². The smallest absolute Gasteiger partial charge is 0.198 e. The van der Waals surface area contributed by atoms with E-state index in [2.05, 4.69) is 62.7 Å². The van der Waals surface area contributed by atoms with Crippen LogP contribution in [0.25, 0.3) is 22.0 Å². The Bertz CT molecular complexity index is 850. The number of benzene rings is 2. The summed E-state index contributed by atoms with van der Waals surface area (Å²) in [6.07, 6.45) is 0. The molecule has 1 nitrogen and oxygen atoms in total. The van der Waals surface area contributed by atoms with Gasteiger partial charge in [0.2, 0.25) is 5.69 Å². The van der Waals surface area contributed by atoms with Gasteiger partial charge < -0.3 is 0 Å². The van der Waals surface area contributed by atoms with Crippen LogP contribution < -0.4 is 4.57 Å². The molecule has 0 bridgehead atoms. The molecule has 0 saturated carbocycles. The Balaban J connectivity index is 2.48. The van der Waals surface area contributed by atoms with Gasteiger partial charge in [0.15, 0.2) is 5.69 Å². The van der Waals surface area contributed by atoms with Gasteiger partial charge in [-0.1, -0.05) is 30.3 Å². The van der Waals surface area contributed by atoms with Gasteiger partial charge in [0, 0.05) is 18.6 Å². The van der Waals surface area contributed by atoms with E-state index in [9.17, 15) is 0 Å². The molecule has 0 unspecified atom stereocenters. The first kappa shape index (κ1) is 11.7. The zero-order valence-electron chi connectivity index (χ0n) is 13.5. The van der Waals surface area contributed by atoms with Crippen molar-refractivity contribution < 1.29 is 5.94 Å². The lowest BCUT2D eigenvalue weighted by atomic mass is 9.96. The van der Waals surface area contributed by atoms with E-state index in [4.69, 9.17) is 1.37 Å². The number of aryl methyl sites for hydroxylation is 2. The summed E-state index contributed by atoms with van der Waals surface area (Å²) in [4.78, 5) is 0. The molecule has 0 aliphatic heterocycles. The lowest BCUT2D eigenvalue weighted by molar-refractivity contribution is -0.665. The number of rotatable bonds is 1. The third kappa shape index (κ3) is 1.90. The summed E-state index contributed by atoms with van der Waals surface area (Å²) in [5.41, 5.74) is 5.99. The monoisotopic (exact) mass is 263 g/mol. The maximum atomic E-state index is 8.05. The average Bonchev–Trinajstić information content (AvgIpc) is 2.45. The maximum absolute atomic E-state index is 8.05. The molecule has 0 fully saturated rings. The van der Waals surface area contributed by atoms with E-state index in [0.29, 0.717) is 6.04 Å². The van der Waals surface area contributed by atoms with Crippen LogP contribution in [0.2, 0.25) is 0 Å². The highest BCUT2D eigenvalue weighted by Crippen LogP contribution is 2.29. The van der Waals surface area contributed by atoms with E-state index in [-0.39, 0.29) is 0 Å². The Morgan fingerprint density at radius 1 is 1.00 bits per heavy atom. The fraction of sp³-hybridized carbons (Fsp3) is 0.211. The van der Waals surface area contributed by atoms with E-state index in [0.717, 1.165) is 5.56 Å². The van der Waals surface area contributed by atoms with Crippen molar-refractivity contribution in [1.29, 1.82) is 0 Å². The molecule has 1 aromatic heterocycles. The van der Waals surface area contributed by atoms with E-state index in [1.54, 1.807) is 0 Å². The molecule has 3 aromatic rings. The van der Waals surface area contributed by atoms with Crippen LogP contribution in [0, 0.1) is 20.8 Å². The molecular weight excluding hydrogens is 242 g/mol. The predicted molar refractivity (Wildman–Crippen MR) is 84.8 cm³/mol. The molecule has 0 aliphatic carbocycles. The van der Waals surface area contributed by atoms with Crippen molar-refractivity contribution in [3.8, 4) is 11.3 Å². The van der Waals surface area contributed by atoms with Crippen molar-refractivity contribution in [2.24, 2.45) is 7.05 Å². The van der Waals surface area contributed by atoms with Crippen LogP contribution in [0.3, 0.4) is 0 Å². The van der Waals surface area contributed by atoms with Crippen molar-refractivity contribution in [2.75, 3.05) is 0 Å². The summed E-state index contributed by atoms with van der Waals surface area (Å²) in [6, 6.07) is 15.2. The SMILES string of the molecule is [2H]c1cc(C)c(C)c(-c2c3ccccc3cc(C)[n+]2C)c1. The van der Waals surface area contributed by atoms with Gasteiger partial charge in [0.25, 0.3) is 0 Å². The van der Waals surface area contributed by atoms with Crippen LogP contribution in [-0.2, 0) is 7.05 Å². The largest absolute Gasteiger partial charge is 0.220 e. The zero-order chi connectivity index (χ0) is 15.1. The van der Waals surface area contributed by atoms with Crippen molar-refractivity contribution in [2.45, 2.75) is 20.8 Å². The van der Waals surface area contributed by atoms with Gasteiger partial charge >= 0.3 is 0 Å². The Hall–Kier alpha value is -2.15. The highest BCUT2D eigenvalue weighted by molar-refractivity contribution is 5.93. The molecule has 2 aromatic carbocycles. The van der Waals surface area contributed by atoms with Gasteiger partial charge in [0.05, 0.1) is 6.76 Å². The number of hydrogen-bond donors (Lipinski definition) is 0. The van der Waals surface area contributed by atoms with Crippen LogP contribution in [0.4, 0.5) is 0 Å². The molecule has 3 rings (SSSR count). The second-order valence-electron chi connectivity index (χ2n) is 5.46. The first-order valence-electron chi connectivity index (χ1n) is 7.45. The molecule has 1 heteroatoms. The van der Waals surface area contributed by atoms with Gasteiger partial charge in [0.1, 0.15) is 7.05 Å². The number of hydrogen-bond acceptors (Lipinski definition) is 0. The fourth-order valence-electron chi connectivity index (χ4n) is 2.77. The first-order valence-corrected chi connectivity index (χ1v) is 6.95. The van der Waals surface area contributed by atoms with E-state index in [1.165, 1.54) is 33.3 Å². The average molecular weight is 263 g/mol. The topological polar surface area (TPSA) is 3.88 Å². The molecule has 0 atom stereocenters. The Labute approximate surface area is 121 Å². The summed E-state index contributed by atoms with van der Waals surface area (Å²) < 4.78 is 10.3. The Morgan fingerprint density at radius 3 is 2.55 bits per heavy atom. The summed E-state index contributed by atoms with van der Waals surface area (Å²) in [5.74, 6) is 0. The summed E-state index contributed by atoms with van der Waals surface area (Å²) in [5, 5.41) is 2.48. The van der Waals surface area contributed by atoms with Gasteiger partial charge in [-0.3, -0.25) is 0 Å². The van der Waals surface area contributed by atoms with Crippen LogP contribution in [0.15, 0.2) is 48.5 Å². The Kier molecular flexibility index (Phi) is 2.77. The molecule has 100 valence electrons. The van der Waals surface area contributed by atoms with Crippen LogP contribution in [0.5, 0.6) is 0 Å². The summed E-state index contributed by atoms with van der Waals surface area (Å²) in [7, 11) is 2.10. The molecule has 1 heterocycles. The number of pyridine rings is 1. The van der Waals surface area contributed by atoms with E-state index < -0.39 is 0 Å². The molecule has 0 spiro atoms. The maximum Gasteiger partial charge on any atom is 0.220 e. The molecule has 0 saturated heterocycles. The highest BCUT2D eigenvalue weighted by Gasteiger charge is 2.19. The Morgan fingerprint density at radius 2 is 1.75 bits per heavy atom. The van der Waals surface area contributed by atoms with Crippen LogP contribution in [0.1, 0.15) is 18.2 Å². The predicted octanol–water partition coefficient (Wildman–Crippen LogP) is 4.26. The fourth-order valence-corrected chi connectivity index (χ4v) is 2.77.